The zero-order valence-electron chi connectivity index (χ0n) is 12.9. The molecule has 1 aromatic heterocycles. The Kier molecular flexibility index (Phi) is 4.56. The number of rotatable bonds is 3. The third kappa shape index (κ3) is 3.49. The summed E-state index contributed by atoms with van der Waals surface area (Å²) in [4.78, 5) is 4.52. The van der Waals surface area contributed by atoms with Gasteiger partial charge < -0.3 is 4.57 Å². The van der Waals surface area contributed by atoms with Gasteiger partial charge >= 0.3 is 0 Å². The van der Waals surface area contributed by atoms with E-state index >= 15 is 0 Å². The Morgan fingerprint density at radius 3 is 2.35 bits per heavy atom. The normalized spacial score (nSPS) is 11.3. The van der Waals surface area contributed by atoms with Crippen LogP contribution >= 0.6 is 23.2 Å². The average molecular weight is 343 g/mol. The van der Waals surface area contributed by atoms with E-state index in [4.69, 9.17) is 23.2 Å². The minimum atomic E-state index is 0.686. The summed E-state index contributed by atoms with van der Waals surface area (Å²) >= 11 is 12.0. The van der Waals surface area contributed by atoms with Crippen LogP contribution in [0.15, 0.2) is 59.6 Å². The molecule has 0 aliphatic heterocycles. The molecule has 0 bridgehead atoms. The second-order valence-electron chi connectivity index (χ2n) is 5.38. The summed E-state index contributed by atoms with van der Waals surface area (Å²) in [5, 5.41) is 1.42. The minimum absolute atomic E-state index is 0.686. The van der Waals surface area contributed by atoms with Crippen LogP contribution in [0.5, 0.6) is 0 Å². The van der Waals surface area contributed by atoms with Gasteiger partial charge in [-0.15, -0.1) is 0 Å². The van der Waals surface area contributed by atoms with E-state index in [9.17, 15) is 0 Å². The summed E-state index contributed by atoms with van der Waals surface area (Å²) in [6, 6.07) is 17.5. The lowest BCUT2D eigenvalue weighted by Gasteiger charge is -2.09. The van der Waals surface area contributed by atoms with Crippen LogP contribution in [0.2, 0.25) is 10.0 Å². The number of halogens is 2. The molecule has 0 spiro atoms. The van der Waals surface area contributed by atoms with Crippen LogP contribution in [0.3, 0.4) is 0 Å². The van der Waals surface area contributed by atoms with E-state index in [0.717, 1.165) is 33.3 Å². The van der Waals surface area contributed by atoms with E-state index in [2.05, 4.69) is 29.5 Å². The van der Waals surface area contributed by atoms with Crippen molar-refractivity contribution < 1.29 is 0 Å². The monoisotopic (exact) mass is 342 g/mol. The molecule has 3 aromatic rings. The number of aliphatic imine (C=N–C) groups is 1. The molecule has 2 aromatic carbocycles. The van der Waals surface area contributed by atoms with Crippen LogP contribution in [-0.4, -0.2) is 10.8 Å². The summed E-state index contributed by atoms with van der Waals surface area (Å²) in [6.45, 7) is 4.17. The zero-order valence-corrected chi connectivity index (χ0v) is 14.4. The van der Waals surface area contributed by atoms with Crippen molar-refractivity contribution >= 4 is 35.1 Å². The molecular formula is C19H16Cl2N2. The van der Waals surface area contributed by atoms with E-state index in [0.29, 0.717) is 5.02 Å². The summed E-state index contributed by atoms with van der Waals surface area (Å²) < 4.78 is 2.19. The van der Waals surface area contributed by atoms with Crippen LogP contribution in [0, 0.1) is 13.8 Å². The fourth-order valence-corrected chi connectivity index (χ4v) is 2.92. The molecule has 0 saturated carbocycles. The molecule has 0 fully saturated rings. The van der Waals surface area contributed by atoms with Crippen molar-refractivity contribution in [3.8, 4) is 5.69 Å². The van der Waals surface area contributed by atoms with E-state index in [1.807, 2.05) is 54.7 Å². The van der Waals surface area contributed by atoms with E-state index in [-0.39, 0.29) is 0 Å². The summed E-state index contributed by atoms with van der Waals surface area (Å²) in [7, 11) is 0. The highest BCUT2D eigenvalue weighted by Gasteiger charge is 2.09. The quantitative estimate of drug-likeness (QED) is 0.507. The molecular weight excluding hydrogens is 327 g/mol. The Balaban J connectivity index is 1.96. The van der Waals surface area contributed by atoms with Gasteiger partial charge in [0.25, 0.3) is 0 Å². The molecule has 0 saturated heterocycles. The fraction of sp³-hybridized carbons (Fsp3) is 0.105. The zero-order chi connectivity index (χ0) is 16.4. The summed E-state index contributed by atoms with van der Waals surface area (Å²) in [5.74, 6) is 0. The molecule has 0 amide bonds. The molecule has 3 rings (SSSR count). The first kappa shape index (κ1) is 15.9. The van der Waals surface area contributed by atoms with Gasteiger partial charge in [0.15, 0.2) is 0 Å². The second kappa shape index (κ2) is 6.61. The van der Waals surface area contributed by atoms with Gasteiger partial charge in [0.2, 0.25) is 0 Å². The third-order valence-corrected chi connectivity index (χ3v) is 4.20. The second-order valence-corrected chi connectivity index (χ2v) is 6.25. The van der Waals surface area contributed by atoms with Gasteiger partial charge in [-0.25, -0.2) is 0 Å². The molecule has 23 heavy (non-hydrogen) atoms. The van der Waals surface area contributed by atoms with Gasteiger partial charge in [0.05, 0.1) is 5.69 Å². The van der Waals surface area contributed by atoms with Crippen molar-refractivity contribution in [2.45, 2.75) is 13.8 Å². The smallest absolute Gasteiger partial charge is 0.0644 e. The predicted molar refractivity (Wildman–Crippen MR) is 99.0 cm³/mol. The highest BCUT2D eigenvalue weighted by molar-refractivity contribution is 6.31. The Morgan fingerprint density at radius 1 is 0.913 bits per heavy atom. The molecule has 0 unspecified atom stereocenters. The van der Waals surface area contributed by atoms with Crippen LogP contribution in [0.1, 0.15) is 17.0 Å². The highest BCUT2D eigenvalue weighted by atomic mass is 35.5. The van der Waals surface area contributed by atoms with E-state index in [1.165, 1.54) is 0 Å². The summed E-state index contributed by atoms with van der Waals surface area (Å²) in [6.07, 6.45) is 1.88. The molecule has 116 valence electrons. The molecule has 0 aliphatic carbocycles. The number of benzene rings is 2. The SMILES string of the molecule is Cc1cc(C=Nc2cccc(Cl)c2)c(C)n1-c1ccc(Cl)cc1. The van der Waals surface area contributed by atoms with Crippen LogP contribution in [-0.2, 0) is 0 Å². The molecule has 0 atom stereocenters. The number of nitrogens with zero attached hydrogens (tertiary/aromatic N) is 2. The summed E-state index contributed by atoms with van der Waals surface area (Å²) in [5.41, 5.74) is 5.30. The lowest BCUT2D eigenvalue weighted by Crippen LogP contribution is -1.99. The Hall–Kier alpha value is -2.03. The first-order chi connectivity index (χ1) is 11.0. The molecule has 1 heterocycles. The van der Waals surface area contributed by atoms with Gasteiger partial charge in [0.1, 0.15) is 0 Å². The number of aromatic nitrogens is 1. The lowest BCUT2D eigenvalue weighted by molar-refractivity contribution is 0.965. The Morgan fingerprint density at radius 2 is 1.65 bits per heavy atom. The van der Waals surface area contributed by atoms with Crippen LogP contribution in [0.4, 0.5) is 5.69 Å². The fourth-order valence-electron chi connectivity index (χ4n) is 2.61. The van der Waals surface area contributed by atoms with Crippen molar-refractivity contribution in [3.63, 3.8) is 0 Å². The van der Waals surface area contributed by atoms with Crippen molar-refractivity contribution in [2.75, 3.05) is 0 Å². The van der Waals surface area contributed by atoms with E-state index in [1.54, 1.807) is 0 Å². The Labute approximate surface area is 146 Å². The van der Waals surface area contributed by atoms with Gasteiger partial charge in [-0.05, 0) is 62.4 Å². The maximum absolute atomic E-state index is 5.99. The van der Waals surface area contributed by atoms with Crippen molar-refractivity contribution in [1.29, 1.82) is 0 Å². The number of hydrogen-bond acceptors (Lipinski definition) is 1. The number of aryl methyl sites for hydroxylation is 1. The van der Waals surface area contributed by atoms with Gasteiger partial charge in [-0.1, -0.05) is 29.3 Å². The van der Waals surface area contributed by atoms with Crippen molar-refractivity contribution in [1.82, 2.24) is 4.57 Å². The van der Waals surface area contributed by atoms with Crippen LogP contribution in [0.25, 0.3) is 5.69 Å². The maximum Gasteiger partial charge on any atom is 0.0644 e. The Bertz CT molecular complexity index is 862. The average Bonchev–Trinajstić information content (AvgIpc) is 2.81. The first-order valence-corrected chi connectivity index (χ1v) is 8.05. The molecule has 4 heteroatoms. The van der Waals surface area contributed by atoms with Crippen LogP contribution < -0.4 is 0 Å². The molecule has 2 nitrogen and oxygen atoms in total. The minimum Gasteiger partial charge on any atom is -0.318 e. The molecule has 0 radical (unpaired) electrons. The van der Waals surface area contributed by atoms with Gasteiger partial charge in [-0.2, -0.15) is 0 Å². The van der Waals surface area contributed by atoms with Gasteiger partial charge in [0, 0.05) is 38.9 Å². The molecule has 0 aliphatic rings. The molecule has 0 N–H and O–H groups in total. The lowest BCUT2D eigenvalue weighted by atomic mass is 10.2. The van der Waals surface area contributed by atoms with E-state index < -0.39 is 0 Å². The highest BCUT2D eigenvalue weighted by Crippen LogP contribution is 2.22. The first-order valence-electron chi connectivity index (χ1n) is 7.29. The maximum atomic E-state index is 5.99. The van der Waals surface area contributed by atoms with Crippen molar-refractivity contribution in [2.24, 2.45) is 4.99 Å². The standard InChI is InChI=1S/C19H16Cl2N2/c1-13-10-15(12-22-18-5-3-4-17(21)11-18)14(2)23(13)19-8-6-16(20)7-9-19/h3-12H,1-2H3. The van der Waals surface area contributed by atoms with Gasteiger partial charge in [-0.3, -0.25) is 4.99 Å². The topological polar surface area (TPSA) is 17.3 Å². The largest absolute Gasteiger partial charge is 0.318 e. The number of hydrogen-bond donors (Lipinski definition) is 0. The predicted octanol–water partition coefficient (Wildman–Crippen LogP) is 6.15. The van der Waals surface area contributed by atoms with Crippen molar-refractivity contribution in [3.05, 3.63) is 81.6 Å². The third-order valence-electron chi connectivity index (χ3n) is 3.72.